The van der Waals surface area contributed by atoms with Crippen LogP contribution in [0.5, 0.6) is 0 Å². The lowest BCUT2D eigenvalue weighted by Crippen LogP contribution is -2.48. The Hall–Kier alpha value is -1.11. The number of hydrogen-bond acceptors (Lipinski definition) is 4. The SMILES string of the molecule is CCN(c1ccc(S(N)(=O)=O)cc1)C1CC2CCC(C1)N2. The molecule has 1 aromatic carbocycles. The lowest BCUT2D eigenvalue weighted by atomic mass is 9.97. The van der Waals surface area contributed by atoms with E-state index in [4.69, 9.17) is 5.14 Å². The summed E-state index contributed by atoms with van der Waals surface area (Å²) < 4.78 is 22.7. The number of primary sulfonamides is 1. The predicted molar refractivity (Wildman–Crippen MR) is 83.8 cm³/mol. The van der Waals surface area contributed by atoms with Crippen LogP contribution in [0.2, 0.25) is 0 Å². The molecular weight excluding hydrogens is 286 g/mol. The fraction of sp³-hybridized carbons (Fsp3) is 0.600. The van der Waals surface area contributed by atoms with E-state index in [2.05, 4.69) is 17.1 Å². The van der Waals surface area contributed by atoms with Crippen LogP contribution in [0, 0.1) is 0 Å². The summed E-state index contributed by atoms with van der Waals surface area (Å²) in [6.07, 6.45) is 4.90. The van der Waals surface area contributed by atoms with Crippen molar-refractivity contribution in [2.45, 2.75) is 55.6 Å². The molecule has 116 valence electrons. The van der Waals surface area contributed by atoms with Crippen LogP contribution in [0.4, 0.5) is 5.69 Å². The van der Waals surface area contributed by atoms with E-state index in [0.29, 0.717) is 18.1 Å². The van der Waals surface area contributed by atoms with Gasteiger partial charge in [0.2, 0.25) is 10.0 Å². The second kappa shape index (κ2) is 5.59. The summed E-state index contributed by atoms with van der Waals surface area (Å²) in [5.41, 5.74) is 1.08. The van der Waals surface area contributed by atoms with Crippen molar-refractivity contribution in [3.05, 3.63) is 24.3 Å². The molecule has 0 spiro atoms. The molecule has 3 rings (SSSR count). The summed E-state index contributed by atoms with van der Waals surface area (Å²) in [5, 5.41) is 8.81. The van der Waals surface area contributed by atoms with Crippen molar-refractivity contribution in [3.8, 4) is 0 Å². The van der Waals surface area contributed by atoms with E-state index in [1.165, 1.54) is 25.7 Å². The highest BCUT2D eigenvalue weighted by atomic mass is 32.2. The Kier molecular flexibility index (Phi) is 3.94. The molecule has 2 aliphatic heterocycles. The van der Waals surface area contributed by atoms with E-state index in [1.807, 2.05) is 12.1 Å². The molecule has 0 aromatic heterocycles. The number of anilines is 1. The first-order valence-electron chi connectivity index (χ1n) is 7.63. The quantitative estimate of drug-likeness (QED) is 0.882. The Morgan fingerprint density at radius 2 is 1.76 bits per heavy atom. The monoisotopic (exact) mass is 309 g/mol. The number of rotatable bonds is 4. The second-order valence-electron chi connectivity index (χ2n) is 6.09. The minimum absolute atomic E-state index is 0.174. The first-order valence-corrected chi connectivity index (χ1v) is 9.17. The topological polar surface area (TPSA) is 75.4 Å². The number of fused-ring (bicyclic) bond motifs is 2. The highest BCUT2D eigenvalue weighted by Crippen LogP contribution is 2.32. The van der Waals surface area contributed by atoms with Crippen LogP contribution < -0.4 is 15.4 Å². The van der Waals surface area contributed by atoms with E-state index in [9.17, 15) is 8.42 Å². The van der Waals surface area contributed by atoms with Gasteiger partial charge in [-0.15, -0.1) is 0 Å². The molecule has 6 heteroatoms. The molecule has 0 radical (unpaired) electrons. The van der Waals surface area contributed by atoms with Gasteiger partial charge in [-0.1, -0.05) is 0 Å². The Labute approximate surface area is 126 Å². The predicted octanol–water partition coefficient (Wildman–Crippen LogP) is 1.44. The van der Waals surface area contributed by atoms with E-state index < -0.39 is 10.0 Å². The molecule has 2 heterocycles. The van der Waals surface area contributed by atoms with Gasteiger partial charge in [-0.05, 0) is 56.9 Å². The lowest BCUT2D eigenvalue weighted by molar-refractivity contribution is 0.349. The van der Waals surface area contributed by atoms with Crippen LogP contribution in [0.1, 0.15) is 32.6 Å². The molecule has 0 amide bonds. The maximum absolute atomic E-state index is 11.3. The van der Waals surface area contributed by atoms with Gasteiger partial charge in [0.1, 0.15) is 0 Å². The average Bonchev–Trinajstić information content (AvgIpc) is 2.78. The van der Waals surface area contributed by atoms with Crippen LogP contribution in [0.25, 0.3) is 0 Å². The average molecular weight is 309 g/mol. The van der Waals surface area contributed by atoms with Crippen molar-refractivity contribution in [3.63, 3.8) is 0 Å². The molecule has 1 aromatic rings. The molecule has 0 aliphatic carbocycles. The molecule has 2 atom stereocenters. The first-order chi connectivity index (χ1) is 9.97. The van der Waals surface area contributed by atoms with E-state index >= 15 is 0 Å². The zero-order chi connectivity index (χ0) is 15.0. The molecule has 2 bridgehead atoms. The number of piperidine rings is 1. The zero-order valence-electron chi connectivity index (χ0n) is 12.3. The number of nitrogens with zero attached hydrogens (tertiary/aromatic N) is 1. The minimum Gasteiger partial charge on any atom is -0.369 e. The highest BCUT2D eigenvalue weighted by Gasteiger charge is 2.35. The molecule has 21 heavy (non-hydrogen) atoms. The number of hydrogen-bond donors (Lipinski definition) is 2. The highest BCUT2D eigenvalue weighted by molar-refractivity contribution is 7.89. The maximum Gasteiger partial charge on any atom is 0.238 e. The Balaban J connectivity index is 1.80. The summed E-state index contributed by atoms with van der Waals surface area (Å²) in [6.45, 7) is 3.08. The van der Waals surface area contributed by atoms with Gasteiger partial charge in [0.15, 0.2) is 0 Å². The van der Waals surface area contributed by atoms with Crippen LogP contribution in [-0.4, -0.2) is 33.1 Å². The van der Waals surface area contributed by atoms with Crippen LogP contribution >= 0.6 is 0 Å². The smallest absolute Gasteiger partial charge is 0.238 e. The Morgan fingerprint density at radius 3 is 2.24 bits per heavy atom. The third kappa shape index (κ3) is 3.07. The first kappa shape index (κ1) is 14.8. The molecule has 3 N–H and O–H groups in total. The van der Waals surface area contributed by atoms with Gasteiger partial charge in [0.25, 0.3) is 0 Å². The zero-order valence-corrected chi connectivity index (χ0v) is 13.1. The van der Waals surface area contributed by atoms with Crippen LogP contribution in [0.15, 0.2) is 29.2 Å². The van der Waals surface area contributed by atoms with Gasteiger partial charge < -0.3 is 10.2 Å². The van der Waals surface area contributed by atoms with Gasteiger partial charge in [-0.3, -0.25) is 0 Å². The number of nitrogens with one attached hydrogen (secondary N) is 1. The molecule has 2 unspecified atom stereocenters. The minimum atomic E-state index is -3.61. The fourth-order valence-corrected chi connectivity index (χ4v) is 4.28. The Morgan fingerprint density at radius 1 is 1.19 bits per heavy atom. The van der Waals surface area contributed by atoms with Crippen molar-refractivity contribution in [2.24, 2.45) is 5.14 Å². The van der Waals surface area contributed by atoms with Crippen molar-refractivity contribution in [2.75, 3.05) is 11.4 Å². The van der Waals surface area contributed by atoms with Crippen molar-refractivity contribution >= 4 is 15.7 Å². The standard InChI is InChI=1S/C15H23N3O2S/c1-2-18(14-9-11-3-4-12(10-14)17-11)13-5-7-15(8-6-13)21(16,19)20/h5-8,11-12,14,17H,2-4,9-10H2,1H3,(H2,16,19,20). The fourth-order valence-electron chi connectivity index (χ4n) is 3.76. The molecule has 5 nitrogen and oxygen atoms in total. The van der Waals surface area contributed by atoms with Crippen molar-refractivity contribution in [1.82, 2.24) is 5.32 Å². The van der Waals surface area contributed by atoms with E-state index in [-0.39, 0.29) is 4.90 Å². The summed E-state index contributed by atoms with van der Waals surface area (Å²) >= 11 is 0. The molecular formula is C15H23N3O2S. The van der Waals surface area contributed by atoms with Gasteiger partial charge in [-0.25, -0.2) is 13.6 Å². The molecule has 0 saturated carbocycles. The van der Waals surface area contributed by atoms with Crippen LogP contribution in [0.3, 0.4) is 0 Å². The third-order valence-electron chi connectivity index (χ3n) is 4.73. The van der Waals surface area contributed by atoms with Gasteiger partial charge >= 0.3 is 0 Å². The van der Waals surface area contributed by atoms with Gasteiger partial charge in [0.05, 0.1) is 4.90 Å². The summed E-state index contributed by atoms with van der Waals surface area (Å²) in [4.78, 5) is 2.56. The molecule has 2 aliphatic rings. The third-order valence-corrected chi connectivity index (χ3v) is 5.66. The maximum atomic E-state index is 11.3. The number of nitrogens with two attached hydrogens (primary N) is 1. The number of benzene rings is 1. The molecule has 2 saturated heterocycles. The number of sulfonamides is 1. The largest absolute Gasteiger partial charge is 0.369 e. The molecule has 2 fully saturated rings. The van der Waals surface area contributed by atoms with E-state index in [0.717, 1.165) is 12.2 Å². The Bertz CT molecular complexity index is 588. The van der Waals surface area contributed by atoms with Gasteiger partial charge in [0, 0.05) is 30.4 Å². The second-order valence-corrected chi connectivity index (χ2v) is 7.65. The summed E-state index contributed by atoms with van der Waals surface area (Å²) in [7, 11) is -3.61. The summed E-state index contributed by atoms with van der Waals surface area (Å²) in [5.74, 6) is 0. The summed E-state index contributed by atoms with van der Waals surface area (Å²) in [6, 6.07) is 8.76. The lowest BCUT2D eigenvalue weighted by Gasteiger charge is -2.38. The van der Waals surface area contributed by atoms with Crippen molar-refractivity contribution in [1.29, 1.82) is 0 Å². The van der Waals surface area contributed by atoms with Crippen molar-refractivity contribution < 1.29 is 8.42 Å². The normalized spacial score (nSPS) is 28.6. The van der Waals surface area contributed by atoms with Gasteiger partial charge in [-0.2, -0.15) is 0 Å². The van der Waals surface area contributed by atoms with E-state index in [1.54, 1.807) is 12.1 Å². The van der Waals surface area contributed by atoms with Crippen LogP contribution in [-0.2, 0) is 10.0 Å².